The molecular formula is C22H14ClN3O5S. The quantitative estimate of drug-likeness (QED) is 0.294. The van der Waals surface area contributed by atoms with E-state index in [4.69, 9.17) is 37.7 Å². The molecule has 10 heteroatoms. The lowest BCUT2D eigenvalue weighted by atomic mass is 10.1. The summed E-state index contributed by atoms with van der Waals surface area (Å²) < 4.78 is 16.3. The number of carbonyl (C=O) groups excluding carboxylic acids is 1. The largest absolute Gasteiger partial charge is 0.507 e. The highest BCUT2D eigenvalue weighted by Gasteiger charge is 2.18. The van der Waals surface area contributed by atoms with Crippen molar-refractivity contribution in [3.63, 3.8) is 0 Å². The summed E-state index contributed by atoms with van der Waals surface area (Å²) in [6.07, 6.45) is 0. The fourth-order valence-electron chi connectivity index (χ4n) is 3.18. The van der Waals surface area contributed by atoms with Gasteiger partial charge in [0.05, 0.1) is 5.56 Å². The van der Waals surface area contributed by atoms with Gasteiger partial charge in [0.1, 0.15) is 11.3 Å². The topological polar surface area (TPSA) is 106 Å². The summed E-state index contributed by atoms with van der Waals surface area (Å²) >= 11 is 11.3. The van der Waals surface area contributed by atoms with E-state index in [1.807, 2.05) is 0 Å². The lowest BCUT2D eigenvalue weighted by Gasteiger charge is -2.11. The standard InChI is InChI=1S/C22H14ClN3O5S/c23-12-2-6-17-15(8-12)25-21(31-17)14-9-13(3-4-16(14)27)24-22(32)26-20(28)11-1-5-18-19(7-11)30-10-29-18/h1-9,27H,10H2,(H2,24,26,28,32). The zero-order valence-electron chi connectivity index (χ0n) is 16.2. The molecule has 0 spiro atoms. The zero-order valence-corrected chi connectivity index (χ0v) is 17.8. The Kier molecular flexibility index (Phi) is 5.04. The van der Waals surface area contributed by atoms with Crippen molar-refractivity contribution in [2.45, 2.75) is 0 Å². The molecule has 160 valence electrons. The minimum absolute atomic E-state index is 0.0245. The van der Waals surface area contributed by atoms with Crippen LogP contribution in [0.4, 0.5) is 5.69 Å². The average molecular weight is 468 g/mol. The lowest BCUT2D eigenvalue weighted by Crippen LogP contribution is -2.34. The number of amides is 1. The fraction of sp³-hybridized carbons (Fsp3) is 0.0455. The van der Waals surface area contributed by atoms with Gasteiger partial charge in [0, 0.05) is 16.3 Å². The van der Waals surface area contributed by atoms with E-state index in [-0.39, 0.29) is 23.5 Å². The molecule has 0 saturated heterocycles. The molecule has 8 nitrogen and oxygen atoms in total. The van der Waals surface area contributed by atoms with Crippen LogP contribution >= 0.6 is 23.8 Å². The first-order valence-electron chi connectivity index (χ1n) is 9.38. The van der Waals surface area contributed by atoms with Gasteiger partial charge in [-0.2, -0.15) is 0 Å². The number of benzene rings is 3. The Hall–Kier alpha value is -3.82. The van der Waals surface area contributed by atoms with E-state index in [0.717, 1.165) is 0 Å². The first-order chi connectivity index (χ1) is 15.5. The van der Waals surface area contributed by atoms with Crippen molar-refractivity contribution >= 4 is 51.6 Å². The summed E-state index contributed by atoms with van der Waals surface area (Å²) in [5.41, 5.74) is 2.35. The first kappa shape index (κ1) is 20.1. The Morgan fingerprint density at radius 2 is 1.91 bits per heavy atom. The number of nitrogens with one attached hydrogen (secondary N) is 2. The molecule has 0 radical (unpaired) electrons. The number of anilines is 1. The molecule has 1 aliphatic rings. The van der Waals surface area contributed by atoms with Crippen molar-refractivity contribution in [3.8, 4) is 28.7 Å². The van der Waals surface area contributed by atoms with Crippen LogP contribution in [-0.2, 0) is 0 Å². The molecule has 32 heavy (non-hydrogen) atoms. The molecule has 0 atom stereocenters. The van der Waals surface area contributed by atoms with Crippen LogP contribution in [0.3, 0.4) is 0 Å². The van der Waals surface area contributed by atoms with Gasteiger partial charge in [-0.05, 0) is 66.8 Å². The third-order valence-corrected chi connectivity index (χ3v) is 5.14. The Morgan fingerprint density at radius 1 is 1.06 bits per heavy atom. The summed E-state index contributed by atoms with van der Waals surface area (Å²) in [5.74, 6) is 0.873. The van der Waals surface area contributed by atoms with Crippen molar-refractivity contribution in [1.29, 1.82) is 0 Å². The Bertz CT molecular complexity index is 1390. The van der Waals surface area contributed by atoms with Crippen LogP contribution in [-0.4, -0.2) is 27.9 Å². The second-order valence-electron chi connectivity index (χ2n) is 6.84. The van der Waals surface area contributed by atoms with Gasteiger partial charge in [-0.25, -0.2) is 4.98 Å². The Labute approximate surface area is 191 Å². The van der Waals surface area contributed by atoms with Gasteiger partial charge in [0.2, 0.25) is 12.7 Å². The number of oxazole rings is 1. The number of phenols is 1. The van der Waals surface area contributed by atoms with E-state index < -0.39 is 5.91 Å². The van der Waals surface area contributed by atoms with E-state index in [1.54, 1.807) is 48.5 Å². The summed E-state index contributed by atoms with van der Waals surface area (Å²) in [6.45, 7) is 0.122. The molecule has 0 aliphatic carbocycles. The number of ether oxygens (including phenoxy) is 2. The van der Waals surface area contributed by atoms with Gasteiger partial charge in [-0.15, -0.1) is 0 Å². The molecule has 1 amide bonds. The zero-order chi connectivity index (χ0) is 22.2. The van der Waals surface area contributed by atoms with Crippen molar-refractivity contribution in [2.75, 3.05) is 12.1 Å². The van der Waals surface area contributed by atoms with Crippen LogP contribution in [0.1, 0.15) is 10.4 Å². The number of rotatable bonds is 3. The lowest BCUT2D eigenvalue weighted by molar-refractivity contribution is 0.0977. The predicted octanol–water partition coefficient (Wildman–Crippen LogP) is 4.71. The minimum atomic E-state index is -0.407. The van der Waals surface area contributed by atoms with Gasteiger partial charge < -0.3 is 24.3 Å². The number of hydrogen-bond acceptors (Lipinski definition) is 7. The van der Waals surface area contributed by atoms with E-state index in [1.165, 1.54) is 6.07 Å². The van der Waals surface area contributed by atoms with E-state index in [2.05, 4.69) is 15.6 Å². The third-order valence-electron chi connectivity index (χ3n) is 4.70. The second kappa shape index (κ2) is 8.03. The monoisotopic (exact) mass is 467 g/mol. The highest BCUT2D eigenvalue weighted by atomic mass is 35.5. The summed E-state index contributed by atoms with van der Waals surface area (Å²) in [4.78, 5) is 16.9. The van der Waals surface area contributed by atoms with E-state index >= 15 is 0 Å². The maximum atomic E-state index is 12.5. The van der Waals surface area contributed by atoms with Crippen LogP contribution < -0.4 is 20.1 Å². The number of halogens is 1. The molecule has 1 aromatic heterocycles. The minimum Gasteiger partial charge on any atom is -0.507 e. The summed E-state index contributed by atoms with van der Waals surface area (Å²) in [7, 11) is 0. The predicted molar refractivity (Wildman–Crippen MR) is 122 cm³/mol. The van der Waals surface area contributed by atoms with Gasteiger partial charge in [0.15, 0.2) is 22.2 Å². The highest BCUT2D eigenvalue weighted by Crippen LogP contribution is 2.34. The number of aromatic hydroxyl groups is 1. The maximum absolute atomic E-state index is 12.5. The van der Waals surface area contributed by atoms with Crippen molar-refractivity contribution in [3.05, 3.63) is 65.2 Å². The molecule has 4 aromatic rings. The number of carbonyl (C=O) groups is 1. The van der Waals surface area contributed by atoms with Crippen LogP contribution in [0, 0.1) is 0 Å². The Balaban J connectivity index is 1.33. The molecule has 5 rings (SSSR count). The second-order valence-corrected chi connectivity index (χ2v) is 7.68. The van der Waals surface area contributed by atoms with Gasteiger partial charge >= 0.3 is 0 Å². The number of thiocarbonyl (C=S) groups is 1. The summed E-state index contributed by atoms with van der Waals surface area (Å²) in [6, 6.07) is 14.6. The summed E-state index contributed by atoms with van der Waals surface area (Å²) in [5, 5.41) is 16.4. The van der Waals surface area contributed by atoms with Crippen LogP contribution in [0.5, 0.6) is 17.2 Å². The Morgan fingerprint density at radius 3 is 2.78 bits per heavy atom. The molecule has 1 aliphatic heterocycles. The normalized spacial score (nSPS) is 12.0. The van der Waals surface area contributed by atoms with Crippen molar-refractivity contribution in [1.82, 2.24) is 10.3 Å². The number of phenolic OH excluding ortho intramolecular Hbond substituents is 1. The molecule has 0 bridgehead atoms. The van der Waals surface area contributed by atoms with Crippen LogP contribution in [0.25, 0.3) is 22.6 Å². The van der Waals surface area contributed by atoms with E-state index in [0.29, 0.717) is 44.4 Å². The van der Waals surface area contributed by atoms with Crippen molar-refractivity contribution in [2.24, 2.45) is 0 Å². The fourth-order valence-corrected chi connectivity index (χ4v) is 3.55. The molecule has 2 heterocycles. The van der Waals surface area contributed by atoms with Crippen molar-refractivity contribution < 1.29 is 23.8 Å². The smallest absolute Gasteiger partial charge is 0.257 e. The van der Waals surface area contributed by atoms with E-state index in [9.17, 15) is 9.90 Å². The molecule has 3 N–H and O–H groups in total. The molecule has 0 saturated carbocycles. The number of fused-ring (bicyclic) bond motifs is 2. The van der Waals surface area contributed by atoms with Gasteiger partial charge in [-0.3, -0.25) is 10.1 Å². The average Bonchev–Trinajstić information content (AvgIpc) is 3.40. The number of hydrogen-bond donors (Lipinski definition) is 3. The SMILES string of the molecule is O=C(NC(=S)Nc1ccc(O)c(-c2nc3cc(Cl)ccc3o2)c1)c1ccc2c(c1)OCO2. The number of aromatic nitrogens is 1. The highest BCUT2D eigenvalue weighted by molar-refractivity contribution is 7.80. The maximum Gasteiger partial charge on any atom is 0.257 e. The van der Waals surface area contributed by atoms with Crippen LogP contribution in [0.2, 0.25) is 5.02 Å². The van der Waals surface area contributed by atoms with Gasteiger partial charge in [-0.1, -0.05) is 11.6 Å². The third kappa shape index (κ3) is 3.91. The molecular weight excluding hydrogens is 454 g/mol. The van der Waals surface area contributed by atoms with Gasteiger partial charge in [0.25, 0.3) is 5.91 Å². The molecule has 0 fully saturated rings. The molecule has 3 aromatic carbocycles. The molecule has 0 unspecified atom stereocenters. The van der Waals surface area contributed by atoms with Crippen LogP contribution in [0.15, 0.2) is 59.0 Å². The first-order valence-corrected chi connectivity index (χ1v) is 10.2. The number of nitrogens with zero attached hydrogens (tertiary/aromatic N) is 1.